The summed E-state index contributed by atoms with van der Waals surface area (Å²) in [4.78, 5) is 11.5. The third-order valence-electron chi connectivity index (χ3n) is 1.58. The monoisotopic (exact) mass is 311 g/mol. The lowest BCUT2D eigenvalue weighted by atomic mass is 10.3. The van der Waals surface area contributed by atoms with E-state index in [1.807, 2.05) is 0 Å². The van der Waals surface area contributed by atoms with E-state index in [9.17, 15) is 4.79 Å². The topological polar surface area (TPSA) is 38.3 Å². The lowest BCUT2D eigenvalue weighted by molar-refractivity contribution is 0.0924. The van der Waals surface area contributed by atoms with Gasteiger partial charge in [0.05, 0.1) is 22.6 Å². The number of rotatable bonds is 6. The van der Waals surface area contributed by atoms with Crippen LogP contribution in [0, 0.1) is 0 Å². The van der Waals surface area contributed by atoms with Gasteiger partial charge in [-0.2, -0.15) is 0 Å². The second kappa shape index (κ2) is 7.22. The van der Waals surface area contributed by atoms with Crippen molar-refractivity contribution < 1.29 is 9.53 Å². The molecule has 0 spiro atoms. The summed E-state index contributed by atoms with van der Waals surface area (Å²) in [6, 6.07) is 1.79. The summed E-state index contributed by atoms with van der Waals surface area (Å²) < 4.78 is 6.07. The summed E-state index contributed by atoms with van der Waals surface area (Å²) in [5.74, 6) is 0.400. The number of carbonyl (C=O) groups excluding carboxylic acids is 1. The summed E-state index contributed by atoms with van der Waals surface area (Å²) in [5, 5.41) is 4.55. The van der Waals surface area contributed by atoms with Crippen molar-refractivity contribution in [2.45, 2.75) is 0 Å². The molecular weight excluding hydrogens is 302 g/mol. The Kier molecular flexibility index (Phi) is 6.24. The highest BCUT2D eigenvalue weighted by Crippen LogP contribution is 2.20. The number of hydrogen-bond acceptors (Lipinski definition) is 3. The van der Waals surface area contributed by atoms with Crippen molar-refractivity contribution in [3.05, 3.63) is 20.8 Å². The zero-order valence-corrected chi connectivity index (χ0v) is 11.1. The van der Waals surface area contributed by atoms with Crippen LogP contribution in [0.4, 0.5) is 0 Å². The standard InChI is InChI=1S/C9H11BrClNO2S/c10-8-5-7(6-15-8)9(13)12-2-4-14-3-1-11/h5-6H,1-4H2,(H,12,13). The maximum absolute atomic E-state index is 11.5. The minimum Gasteiger partial charge on any atom is -0.378 e. The minimum absolute atomic E-state index is 0.0774. The highest BCUT2D eigenvalue weighted by Gasteiger charge is 2.06. The van der Waals surface area contributed by atoms with E-state index in [4.69, 9.17) is 16.3 Å². The Bertz CT molecular complexity index is 319. The maximum atomic E-state index is 11.5. The average molecular weight is 313 g/mol. The Labute approximate surface area is 106 Å². The van der Waals surface area contributed by atoms with Crippen LogP contribution in [-0.2, 0) is 4.74 Å². The van der Waals surface area contributed by atoms with Gasteiger partial charge in [-0.05, 0) is 22.0 Å². The lowest BCUT2D eigenvalue weighted by Gasteiger charge is -2.03. The zero-order chi connectivity index (χ0) is 11.1. The summed E-state index contributed by atoms with van der Waals surface area (Å²) >= 11 is 10.2. The first-order valence-electron chi connectivity index (χ1n) is 4.40. The molecule has 6 heteroatoms. The first-order chi connectivity index (χ1) is 7.24. The van der Waals surface area contributed by atoms with Crippen LogP contribution < -0.4 is 5.32 Å². The predicted molar refractivity (Wildman–Crippen MR) is 65.9 cm³/mol. The fraction of sp³-hybridized carbons (Fsp3) is 0.444. The second-order valence-electron chi connectivity index (χ2n) is 2.70. The number of hydrogen-bond donors (Lipinski definition) is 1. The molecular formula is C9H11BrClNO2S. The Morgan fingerprint density at radius 2 is 2.40 bits per heavy atom. The summed E-state index contributed by atoms with van der Waals surface area (Å²) in [6.07, 6.45) is 0. The van der Waals surface area contributed by atoms with Gasteiger partial charge in [-0.25, -0.2) is 0 Å². The van der Waals surface area contributed by atoms with Crippen molar-refractivity contribution in [1.82, 2.24) is 5.32 Å². The van der Waals surface area contributed by atoms with E-state index >= 15 is 0 Å². The van der Waals surface area contributed by atoms with Gasteiger partial charge in [0.2, 0.25) is 0 Å². The number of ether oxygens (including phenoxy) is 1. The zero-order valence-electron chi connectivity index (χ0n) is 7.96. The summed E-state index contributed by atoms with van der Waals surface area (Å²) in [6.45, 7) is 1.51. The number of nitrogens with one attached hydrogen (secondary N) is 1. The van der Waals surface area contributed by atoms with Gasteiger partial charge in [-0.1, -0.05) is 0 Å². The fourth-order valence-electron chi connectivity index (χ4n) is 0.925. The van der Waals surface area contributed by atoms with Crippen molar-refractivity contribution in [1.29, 1.82) is 0 Å². The molecule has 1 aromatic heterocycles. The van der Waals surface area contributed by atoms with Gasteiger partial charge < -0.3 is 10.1 Å². The Balaban J connectivity index is 2.19. The van der Waals surface area contributed by atoms with E-state index < -0.39 is 0 Å². The lowest BCUT2D eigenvalue weighted by Crippen LogP contribution is -2.27. The molecule has 0 unspecified atom stereocenters. The number of amides is 1. The van der Waals surface area contributed by atoms with E-state index in [1.54, 1.807) is 11.4 Å². The molecule has 3 nitrogen and oxygen atoms in total. The van der Waals surface area contributed by atoms with Gasteiger partial charge in [0.15, 0.2) is 0 Å². The highest BCUT2D eigenvalue weighted by atomic mass is 79.9. The van der Waals surface area contributed by atoms with E-state index in [0.29, 0.717) is 31.2 Å². The van der Waals surface area contributed by atoms with Crippen molar-refractivity contribution in [2.24, 2.45) is 0 Å². The van der Waals surface area contributed by atoms with Gasteiger partial charge in [-0.3, -0.25) is 4.79 Å². The van der Waals surface area contributed by atoms with Crippen molar-refractivity contribution in [3.8, 4) is 0 Å². The van der Waals surface area contributed by atoms with Gasteiger partial charge in [0.1, 0.15) is 0 Å². The fourth-order valence-corrected chi connectivity index (χ4v) is 2.17. The molecule has 0 bridgehead atoms. The van der Waals surface area contributed by atoms with Gasteiger partial charge in [0, 0.05) is 17.8 Å². The van der Waals surface area contributed by atoms with E-state index in [0.717, 1.165) is 3.79 Å². The SMILES string of the molecule is O=C(NCCOCCCl)c1csc(Br)c1. The molecule has 1 N–H and O–H groups in total. The molecule has 0 fully saturated rings. The molecule has 84 valence electrons. The average Bonchev–Trinajstić information content (AvgIpc) is 2.64. The number of alkyl halides is 1. The Morgan fingerprint density at radius 1 is 1.60 bits per heavy atom. The molecule has 1 aromatic rings. The number of halogens is 2. The molecule has 1 amide bonds. The highest BCUT2D eigenvalue weighted by molar-refractivity contribution is 9.11. The molecule has 1 rings (SSSR count). The van der Waals surface area contributed by atoms with Crippen LogP contribution in [0.1, 0.15) is 10.4 Å². The van der Waals surface area contributed by atoms with Gasteiger partial charge in [0.25, 0.3) is 5.91 Å². The third kappa shape index (κ3) is 4.97. The van der Waals surface area contributed by atoms with Crippen LogP contribution >= 0.6 is 38.9 Å². The molecule has 0 aromatic carbocycles. The van der Waals surface area contributed by atoms with Gasteiger partial charge >= 0.3 is 0 Å². The first-order valence-corrected chi connectivity index (χ1v) is 6.60. The van der Waals surface area contributed by atoms with Crippen LogP contribution in [0.5, 0.6) is 0 Å². The third-order valence-corrected chi connectivity index (χ3v) is 3.24. The maximum Gasteiger partial charge on any atom is 0.252 e. The van der Waals surface area contributed by atoms with Crippen LogP contribution in [0.2, 0.25) is 0 Å². The normalized spacial score (nSPS) is 10.3. The number of carbonyl (C=O) groups is 1. The smallest absolute Gasteiger partial charge is 0.252 e. The Morgan fingerprint density at radius 3 is 3.00 bits per heavy atom. The molecule has 1 heterocycles. The quantitative estimate of drug-likeness (QED) is 0.647. The molecule has 0 radical (unpaired) electrons. The molecule has 0 aliphatic heterocycles. The van der Waals surface area contributed by atoms with Gasteiger partial charge in [-0.15, -0.1) is 22.9 Å². The van der Waals surface area contributed by atoms with Crippen molar-refractivity contribution in [3.63, 3.8) is 0 Å². The van der Waals surface area contributed by atoms with E-state index in [-0.39, 0.29) is 5.91 Å². The van der Waals surface area contributed by atoms with E-state index in [2.05, 4.69) is 21.2 Å². The predicted octanol–water partition coefficient (Wildman–Crippen LogP) is 2.50. The number of thiophene rings is 1. The molecule has 0 atom stereocenters. The summed E-state index contributed by atoms with van der Waals surface area (Å²) in [7, 11) is 0. The largest absolute Gasteiger partial charge is 0.378 e. The van der Waals surface area contributed by atoms with Crippen LogP contribution in [0.25, 0.3) is 0 Å². The van der Waals surface area contributed by atoms with Crippen molar-refractivity contribution >= 4 is 44.8 Å². The first kappa shape index (κ1) is 13.0. The van der Waals surface area contributed by atoms with Crippen molar-refractivity contribution in [2.75, 3.05) is 25.6 Å². The molecule has 0 saturated carbocycles. The summed E-state index contributed by atoms with van der Waals surface area (Å²) in [5.41, 5.74) is 0.671. The van der Waals surface area contributed by atoms with Crippen LogP contribution in [-0.4, -0.2) is 31.5 Å². The van der Waals surface area contributed by atoms with Crippen LogP contribution in [0.3, 0.4) is 0 Å². The molecule has 15 heavy (non-hydrogen) atoms. The minimum atomic E-state index is -0.0774. The Hall–Kier alpha value is -0.100. The second-order valence-corrected chi connectivity index (χ2v) is 5.37. The molecule has 0 aliphatic rings. The van der Waals surface area contributed by atoms with E-state index in [1.165, 1.54) is 11.3 Å². The van der Waals surface area contributed by atoms with Crippen LogP contribution in [0.15, 0.2) is 15.2 Å². The molecule has 0 aliphatic carbocycles. The molecule has 0 saturated heterocycles.